The predicted octanol–water partition coefficient (Wildman–Crippen LogP) is 2.68. The smallest absolute Gasteiger partial charge is 0.0573 e. The van der Waals surface area contributed by atoms with Crippen LogP contribution in [-0.2, 0) is 0 Å². The SMILES string of the molecule is CC1CCC(N(C)c2cncc(N)c2)CC1. The van der Waals surface area contributed by atoms with Crippen molar-refractivity contribution in [1.82, 2.24) is 4.98 Å². The van der Waals surface area contributed by atoms with Crippen LogP contribution >= 0.6 is 0 Å². The van der Waals surface area contributed by atoms with Crippen molar-refractivity contribution >= 4 is 11.4 Å². The van der Waals surface area contributed by atoms with Gasteiger partial charge in [0, 0.05) is 19.3 Å². The fraction of sp³-hybridized carbons (Fsp3) is 0.615. The van der Waals surface area contributed by atoms with Crippen molar-refractivity contribution < 1.29 is 0 Å². The number of rotatable bonds is 2. The third-order valence-electron chi connectivity index (χ3n) is 3.69. The summed E-state index contributed by atoms with van der Waals surface area (Å²) in [5.74, 6) is 0.892. The van der Waals surface area contributed by atoms with Crippen LogP contribution in [0.5, 0.6) is 0 Å². The molecule has 3 heteroatoms. The molecule has 0 spiro atoms. The Bertz CT molecular complexity index is 343. The lowest BCUT2D eigenvalue weighted by Crippen LogP contribution is -2.34. The van der Waals surface area contributed by atoms with E-state index in [1.54, 1.807) is 6.20 Å². The molecule has 88 valence electrons. The summed E-state index contributed by atoms with van der Waals surface area (Å²) < 4.78 is 0. The molecule has 1 aliphatic carbocycles. The lowest BCUT2D eigenvalue weighted by Gasteiger charge is -2.34. The highest BCUT2D eigenvalue weighted by molar-refractivity contribution is 5.53. The molecule has 0 bridgehead atoms. The highest BCUT2D eigenvalue weighted by Gasteiger charge is 2.21. The monoisotopic (exact) mass is 219 g/mol. The maximum atomic E-state index is 5.76. The summed E-state index contributed by atoms with van der Waals surface area (Å²) in [7, 11) is 2.15. The van der Waals surface area contributed by atoms with Gasteiger partial charge in [0.05, 0.1) is 17.6 Å². The van der Waals surface area contributed by atoms with Crippen LogP contribution in [-0.4, -0.2) is 18.1 Å². The van der Waals surface area contributed by atoms with Crippen LogP contribution in [0.2, 0.25) is 0 Å². The van der Waals surface area contributed by atoms with E-state index in [0.717, 1.165) is 17.3 Å². The van der Waals surface area contributed by atoms with Crippen LogP contribution in [0.3, 0.4) is 0 Å². The average Bonchev–Trinajstić information content (AvgIpc) is 2.29. The van der Waals surface area contributed by atoms with Gasteiger partial charge in [-0.05, 0) is 37.7 Å². The van der Waals surface area contributed by atoms with E-state index in [0.29, 0.717) is 6.04 Å². The van der Waals surface area contributed by atoms with E-state index in [4.69, 9.17) is 5.73 Å². The molecular weight excluding hydrogens is 198 g/mol. The summed E-state index contributed by atoms with van der Waals surface area (Å²) in [5.41, 5.74) is 7.64. The summed E-state index contributed by atoms with van der Waals surface area (Å²) in [5, 5.41) is 0. The third kappa shape index (κ3) is 2.46. The molecule has 0 radical (unpaired) electrons. The molecule has 1 aromatic heterocycles. The Hall–Kier alpha value is -1.25. The Kier molecular flexibility index (Phi) is 3.32. The van der Waals surface area contributed by atoms with E-state index in [-0.39, 0.29) is 0 Å². The number of hydrogen-bond acceptors (Lipinski definition) is 3. The first kappa shape index (κ1) is 11.2. The minimum Gasteiger partial charge on any atom is -0.397 e. The minimum absolute atomic E-state index is 0.653. The zero-order valence-electron chi connectivity index (χ0n) is 10.2. The van der Waals surface area contributed by atoms with Gasteiger partial charge < -0.3 is 10.6 Å². The topological polar surface area (TPSA) is 42.2 Å². The predicted molar refractivity (Wildman–Crippen MR) is 68.5 cm³/mol. The second kappa shape index (κ2) is 4.73. The molecule has 0 unspecified atom stereocenters. The molecule has 2 rings (SSSR count). The first-order valence-corrected chi connectivity index (χ1v) is 6.10. The standard InChI is InChI=1S/C13H21N3/c1-10-3-5-12(6-4-10)16(2)13-7-11(14)8-15-9-13/h7-10,12H,3-6,14H2,1-2H3. The highest BCUT2D eigenvalue weighted by atomic mass is 15.1. The van der Waals surface area contributed by atoms with Crippen molar-refractivity contribution in [3.63, 3.8) is 0 Å². The van der Waals surface area contributed by atoms with Crippen molar-refractivity contribution in [3.05, 3.63) is 18.5 Å². The second-order valence-electron chi connectivity index (χ2n) is 5.00. The molecule has 1 aliphatic rings. The van der Waals surface area contributed by atoms with Gasteiger partial charge >= 0.3 is 0 Å². The maximum Gasteiger partial charge on any atom is 0.0573 e. The molecule has 1 heterocycles. The van der Waals surface area contributed by atoms with Gasteiger partial charge in [0.15, 0.2) is 0 Å². The Morgan fingerprint density at radius 3 is 2.56 bits per heavy atom. The molecule has 0 aromatic carbocycles. The Labute approximate surface area is 97.7 Å². The van der Waals surface area contributed by atoms with E-state index < -0.39 is 0 Å². The average molecular weight is 219 g/mol. The first-order valence-electron chi connectivity index (χ1n) is 6.10. The number of aromatic nitrogens is 1. The van der Waals surface area contributed by atoms with E-state index in [9.17, 15) is 0 Å². The van der Waals surface area contributed by atoms with Crippen LogP contribution in [0.25, 0.3) is 0 Å². The van der Waals surface area contributed by atoms with Crippen molar-refractivity contribution in [2.24, 2.45) is 5.92 Å². The van der Waals surface area contributed by atoms with Crippen molar-refractivity contribution in [2.75, 3.05) is 17.7 Å². The number of nitrogens with two attached hydrogens (primary N) is 1. The maximum absolute atomic E-state index is 5.76. The van der Waals surface area contributed by atoms with E-state index >= 15 is 0 Å². The van der Waals surface area contributed by atoms with Gasteiger partial charge in [-0.2, -0.15) is 0 Å². The normalized spacial score (nSPS) is 25.4. The van der Waals surface area contributed by atoms with Gasteiger partial charge in [-0.25, -0.2) is 0 Å². The van der Waals surface area contributed by atoms with Crippen LogP contribution < -0.4 is 10.6 Å². The van der Waals surface area contributed by atoms with Crippen LogP contribution in [0.4, 0.5) is 11.4 Å². The van der Waals surface area contributed by atoms with Crippen molar-refractivity contribution in [3.8, 4) is 0 Å². The molecule has 0 amide bonds. The molecule has 1 fully saturated rings. The fourth-order valence-electron chi connectivity index (χ4n) is 2.48. The van der Waals surface area contributed by atoms with Gasteiger partial charge in [0.25, 0.3) is 0 Å². The van der Waals surface area contributed by atoms with Crippen molar-refractivity contribution in [1.29, 1.82) is 0 Å². The summed E-state index contributed by atoms with van der Waals surface area (Å²) in [6.07, 6.45) is 8.84. The third-order valence-corrected chi connectivity index (χ3v) is 3.69. The van der Waals surface area contributed by atoms with Gasteiger partial charge in [-0.15, -0.1) is 0 Å². The van der Waals surface area contributed by atoms with Gasteiger partial charge in [0.1, 0.15) is 0 Å². The lowest BCUT2D eigenvalue weighted by atomic mass is 9.86. The van der Waals surface area contributed by atoms with Gasteiger partial charge in [0.2, 0.25) is 0 Å². The van der Waals surface area contributed by atoms with E-state index in [1.807, 2.05) is 12.3 Å². The summed E-state index contributed by atoms with van der Waals surface area (Å²) >= 11 is 0. The van der Waals surface area contributed by atoms with Crippen LogP contribution in [0.15, 0.2) is 18.5 Å². The second-order valence-corrected chi connectivity index (χ2v) is 5.00. The molecule has 16 heavy (non-hydrogen) atoms. The Balaban J connectivity index is 2.04. The first-order chi connectivity index (χ1) is 7.66. The van der Waals surface area contributed by atoms with Crippen LogP contribution in [0.1, 0.15) is 32.6 Å². The molecular formula is C13H21N3. The molecule has 3 nitrogen and oxygen atoms in total. The fourth-order valence-corrected chi connectivity index (χ4v) is 2.48. The zero-order chi connectivity index (χ0) is 11.5. The molecule has 0 aliphatic heterocycles. The van der Waals surface area contributed by atoms with E-state index in [2.05, 4.69) is 23.9 Å². The molecule has 1 aromatic rings. The quantitative estimate of drug-likeness (QED) is 0.831. The molecule has 0 atom stereocenters. The molecule has 2 N–H and O–H groups in total. The number of nitrogen functional groups attached to an aromatic ring is 1. The number of pyridine rings is 1. The number of hydrogen-bond donors (Lipinski definition) is 1. The van der Waals surface area contributed by atoms with Crippen LogP contribution in [0, 0.1) is 5.92 Å². The van der Waals surface area contributed by atoms with Gasteiger partial charge in [-0.1, -0.05) is 6.92 Å². The molecule has 0 saturated heterocycles. The van der Waals surface area contributed by atoms with Crippen molar-refractivity contribution in [2.45, 2.75) is 38.6 Å². The summed E-state index contributed by atoms with van der Waals surface area (Å²) in [4.78, 5) is 6.48. The number of nitrogens with zero attached hydrogens (tertiary/aromatic N) is 2. The summed E-state index contributed by atoms with van der Waals surface area (Å²) in [6.45, 7) is 2.35. The number of anilines is 2. The Morgan fingerprint density at radius 1 is 1.25 bits per heavy atom. The van der Waals surface area contributed by atoms with E-state index in [1.165, 1.54) is 25.7 Å². The Morgan fingerprint density at radius 2 is 1.94 bits per heavy atom. The largest absolute Gasteiger partial charge is 0.397 e. The highest BCUT2D eigenvalue weighted by Crippen LogP contribution is 2.29. The zero-order valence-corrected chi connectivity index (χ0v) is 10.2. The lowest BCUT2D eigenvalue weighted by molar-refractivity contribution is 0.340. The minimum atomic E-state index is 0.653. The summed E-state index contributed by atoms with van der Waals surface area (Å²) in [6, 6.07) is 2.66. The van der Waals surface area contributed by atoms with Gasteiger partial charge in [-0.3, -0.25) is 4.98 Å². The molecule has 1 saturated carbocycles.